The quantitative estimate of drug-likeness (QED) is 0.752. The number of piperidine rings is 1. The minimum absolute atomic E-state index is 0.139. The Morgan fingerprint density at radius 1 is 1.12 bits per heavy atom. The number of nitrogens with two attached hydrogens (primary N) is 1. The van der Waals surface area contributed by atoms with E-state index in [1.54, 1.807) is 7.11 Å². The van der Waals surface area contributed by atoms with Crippen molar-refractivity contribution in [2.45, 2.75) is 32.1 Å². The molecule has 6 nitrogen and oxygen atoms in total. The first-order valence-corrected chi connectivity index (χ1v) is 11.4. The van der Waals surface area contributed by atoms with E-state index < -0.39 is 5.41 Å². The molecule has 2 N–H and O–H groups in total. The number of carbonyl (C=O) groups excluding carboxylic acids is 2. The second-order valence-corrected chi connectivity index (χ2v) is 8.96. The highest BCUT2D eigenvalue weighted by Gasteiger charge is 2.43. The van der Waals surface area contributed by atoms with Gasteiger partial charge in [-0.3, -0.25) is 9.59 Å². The lowest BCUT2D eigenvalue weighted by atomic mass is 9.73. The number of carbonyl (C=O) groups is 2. The van der Waals surface area contributed by atoms with Crippen LogP contribution in [0.4, 0.5) is 0 Å². The highest BCUT2D eigenvalue weighted by molar-refractivity contribution is 5.85. The molecule has 0 saturated carbocycles. The van der Waals surface area contributed by atoms with Gasteiger partial charge in [-0.1, -0.05) is 42.5 Å². The fourth-order valence-electron chi connectivity index (χ4n) is 5.03. The van der Waals surface area contributed by atoms with Gasteiger partial charge >= 0.3 is 0 Å². The average molecular weight is 437 g/mol. The minimum atomic E-state index is -0.496. The van der Waals surface area contributed by atoms with Crippen molar-refractivity contribution in [3.8, 4) is 16.9 Å². The van der Waals surface area contributed by atoms with Crippen molar-refractivity contribution in [2.24, 2.45) is 17.1 Å². The number of likely N-dealkylation sites (tertiary alicyclic amines) is 1. The van der Waals surface area contributed by atoms with Crippen molar-refractivity contribution < 1.29 is 19.1 Å². The minimum Gasteiger partial charge on any atom is -0.496 e. The number of rotatable bonds is 6. The Balaban J connectivity index is 1.55. The Morgan fingerprint density at radius 3 is 2.53 bits per heavy atom. The van der Waals surface area contributed by atoms with E-state index in [2.05, 4.69) is 24.3 Å². The molecule has 2 aromatic carbocycles. The zero-order valence-electron chi connectivity index (χ0n) is 18.7. The number of methoxy groups -OCH3 is 1. The molecule has 0 radical (unpaired) electrons. The summed E-state index contributed by atoms with van der Waals surface area (Å²) in [6.45, 7) is 2.29. The van der Waals surface area contributed by atoms with Crippen LogP contribution >= 0.6 is 0 Å². The average Bonchev–Trinajstić information content (AvgIpc) is 2.84. The second kappa shape index (κ2) is 9.74. The Labute approximate surface area is 189 Å². The molecule has 2 saturated heterocycles. The molecule has 0 aliphatic carbocycles. The van der Waals surface area contributed by atoms with Crippen LogP contribution in [0.1, 0.15) is 31.2 Å². The van der Waals surface area contributed by atoms with Crippen LogP contribution in [0.3, 0.4) is 0 Å². The van der Waals surface area contributed by atoms with Gasteiger partial charge in [0.2, 0.25) is 11.8 Å². The third kappa shape index (κ3) is 4.65. The van der Waals surface area contributed by atoms with Crippen molar-refractivity contribution in [3.05, 3.63) is 54.1 Å². The smallest absolute Gasteiger partial charge is 0.229 e. The fourth-order valence-corrected chi connectivity index (χ4v) is 5.03. The van der Waals surface area contributed by atoms with E-state index in [0.717, 1.165) is 35.3 Å². The van der Waals surface area contributed by atoms with E-state index in [9.17, 15) is 9.59 Å². The Morgan fingerprint density at radius 2 is 1.84 bits per heavy atom. The van der Waals surface area contributed by atoms with Crippen LogP contribution in [0.15, 0.2) is 48.5 Å². The van der Waals surface area contributed by atoms with Gasteiger partial charge < -0.3 is 20.1 Å². The van der Waals surface area contributed by atoms with Gasteiger partial charge in [0.15, 0.2) is 0 Å². The first kappa shape index (κ1) is 22.3. The van der Waals surface area contributed by atoms with E-state index in [1.807, 2.05) is 29.2 Å². The van der Waals surface area contributed by atoms with Gasteiger partial charge in [-0.15, -0.1) is 0 Å². The molecule has 2 aliphatic heterocycles. The van der Waals surface area contributed by atoms with Crippen LogP contribution in [-0.4, -0.2) is 50.1 Å². The van der Waals surface area contributed by atoms with Crippen LogP contribution in [-0.2, 0) is 20.7 Å². The van der Waals surface area contributed by atoms with Crippen LogP contribution in [0, 0.1) is 11.3 Å². The maximum absolute atomic E-state index is 13.7. The zero-order valence-corrected chi connectivity index (χ0v) is 18.7. The van der Waals surface area contributed by atoms with Gasteiger partial charge in [0.05, 0.1) is 18.4 Å². The van der Waals surface area contributed by atoms with Gasteiger partial charge in [0.1, 0.15) is 5.75 Å². The van der Waals surface area contributed by atoms with Crippen molar-refractivity contribution in [1.82, 2.24) is 4.90 Å². The highest BCUT2D eigenvalue weighted by atomic mass is 16.5. The largest absolute Gasteiger partial charge is 0.496 e. The topological polar surface area (TPSA) is 81.9 Å². The van der Waals surface area contributed by atoms with Crippen LogP contribution in [0.5, 0.6) is 5.75 Å². The third-order valence-corrected chi connectivity index (χ3v) is 6.93. The summed E-state index contributed by atoms with van der Waals surface area (Å²) in [5.41, 5.74) is 8.30. The van der Waals surface area contributed by atoms with Crippen LogP contribution in [0.25, 0.3) is 11.1 Å². The molecule has 170 valence electrons. The molecule has 2 heterocycles. The summed E-state index contributed by atoms with van der Waals surface area (Å²) in [7, 11) is 1.68. The predicted molar refractivity (Wildman–Crippen MR) is 123 cm³/mol. The third-order valence-electron chi connectivity index (χ3n) is 6.93. The normalized spacial score (nSPS) is 20.5. The van der Waals surface area contributed by atoms with Gasteiger partial charge in [0, 0.05) is 31.9 Å². The van der Waals surface area contributed by atoms with Gasteiger partial charge in [-0.25, -0.2) is 0 Å². The monoisotopic (exact) mass is 436 g/mol. The van der Waals surface area contributed by atoms with Crippen LogP contribution < -0.4 is 10.5 Å². The van der Waals surface area contributed by atoms with E-state index in [4.69, 9.17) is 15.2 Å². The molecule has 0 spiro atoms. The van der Waals surface area contributed by atoms with Crippen molar-refractivity contribution in [1.29, 1.82) is 0 Å². The molecule has 2 aliphatic rings. The highest BCUT2D eigenvalue weighted by Crippen LogP contribution is 2.38. The fraction of sp³-hybridized carbons (Fsp3) is 0.462. The molecule has 2 amide bonds. The van der Waals surface area contributed by atoms with Crippen molar-refractivity contribution >= 4 is 11.8 Å². The van der Waals surface area contributed by atoms with E-state index in [-0.39, 0.29) is 17.7 Å². The molecular formula is C26H32N2O4. The molecule has 2 fully saturated rings. The molecule has 1 unspecified atom stereocenters. The standard InChI is InChI=1S/C26H32N2O4/c1-31-23-7-3-2-6-22(23)20-10-8-19(9-11-20)17-26(12-15-32-16-13-26)25(30)28-14-4-5-21(18-28)24(27)29/h2-3,6-11,21H,4-5,12-18H2,1H3,(H2,27,29). The van der Waals surface area contributed by atoms with Crippen molar-refractivity contribution in [3.63, 3.8) is 0 Å². The first-order chi connectivity index (χ1) is 15.5. The number of amides is 2. The Hall–Kier alpha value is -2.86. The summed E-state index contributed by atoms with van der Waals surface area (Å²) in [6.07, 6.45) is 3.63. The maximum Gasteiger partial charge on any atom is 0.229 e. The first-order valence-electron chi connectivity index (χ1n) is 11.4. The summed E-state index contributed by atoms with van der Waals surface area (Å²) in [5.74, 6) is 0.422. The van der Waals surface area contributed by atoms with Gasteiger partial charge in [-0.05, 0) is 49.3 Å². The summed E-state index contributed by atoms with van der Waals surface area (Å²) >= 11 is 0. The summed E-state index contributed by atoms with van der Waals surface area (Å²) in [5, 5.41) is 0. The second-order valence-electron chi connectivity index (χ2n) is 8.96. The van der Waals surface area contributed by atoms with E-state index in [0.29, 0.717) is 45.6 Å². The summed E-state index contributed by atoms with van der Waals surface area (Å²) in [4.78, 5) is 27.3. The number of benzene rings is 2. The molecule has 0 aromatic heterocycles. The number of para-hydroxylation sites is 1. The molecule has 1 atom stereocenters. The Kier molecular flexibility index (Phi) is 6.80. The van der Waals surface area contributed by atoms with Crippen molar-refractivity contribution in [2.75, 3.05) is 33.4 Å². The molecule has 32 heavy (non-hydrogen) atoms. The predicted octanol–water partition coefficient (Wildman–Crippen LogP) is 3.43. The van der Waals surface area contributed by atoms with Gasteiger partial charge in [-0.2, -0.15) is 0 Å². The number of primary amides is 1. The lowest BCUT2D eigenvalue weighted by molar-refractivity contribution is -0.150. The SMILES string of the molecule is COc1ccccc1-c1ccc(CC2(C(=O)N3CCCC(C(N)=O)C3)CCOCC2)cc1. The number of ether oxygens (including phenoxy) is 2. The zero-order chi connectivity index (χ0) is 22.6. The van der Waals surface area contributed by atoms with E-state index >= 15 is 0 Å². The summed E-state index contributed by atoms with van der Waals surface area (Å²) in [6, 6.07) is 16.4. The number of hydrogen-bond acceptors (Lipinski definition) is 4. The van der Waals surface area contributed by atoms with Gasteiger partial charge in [0.25, 0.3) is 0 Å². The summed E-state index contributed by atoms with van der Waals surface area (Å²) < 4.78 is 11.1. The van der Waals surface area contributed by atoms with E-state index in [1.165, 1.54) is 0 Å². The molecule has 0 bridgehead atoms. The number of hydrogen-bond donors (Lipinski definition) is 1. The molecule has 2 aromatic rings. The Bertz CT molecular complexity index is 951. The lowest BCUT2D eigenvalue weighted by Gasteiger charge is -2.42. The maximum atomic E-state index is 13.7. The molecular weight excluding hydrogens is 404 g/mol. The lowest BCUT2D eigenvalue weighted by Crippen LogP contribution is -2.52. The molecule has 6 heteroatoms. The van der Waals surface area contributed by atoms with Crippen LogP contribution in [0.2, 0.25) is 0 Å². The molecule has 4 rings (SSSR count). The number of nitrogens with zero attached hydrogens (tertiary/aromatic N) is 1.